The van der Waals surface area contributed by atoms with Gasteiger partial charge < -0.3 is 20.7 Å². The molecule has 1 amide bonds. The molecule has 1 aliphatic rings. The Kier molecular flexibility index (Phi) is 5.15. The molecule has 0 bridgehead atoms. The first kappa shape index (κ1) is 17.9. The number of hydrogen-bond donors (Lipinski definition) is 2. The van der Waals surface area contributed by atoms with Gasteiger partial charge in [-0.25, -0.2) is 0 Å². The van der Waals surface area contributed by atoms with Crippen LogP contribution in [0.2, 0.25) is 0 Å². The zero-order chi connectivity index (χ0) is 19.3. The van der Waals surface area contributed by atoms with Gasteiger partial charge >= 0.3 is 0 Å². The Balaban J connectivity index is 1.37. The van der Waals surface area contributed by atoms with Crippen molar-refractivity contribution in [3.8, 4) is 5.75 Å². The molecule has 5 nitrogen and oxygen atoms in total. The number of amides is 1. The molecule has 1 heterocycles. The van der Waals surface area contributed by atoms with Gasteiger partial charge in [-0.2, -0.15) is 0 Å². The molecule has 4 rings (SSSR count). The highest BCUT2D eigenvalue weighted by atomic mass is 16.5. The molecule has 1 saturated heterocycles. The monoisotopic (exact) mass is 373 g/mol. The average Bonchev–Trinajstić information content (AvgIpc) is 3.19. The summed E-state index contributed by atoms with van der Waals surface area (Å²) in [6, 6.07) is 24.8. The molecule has 0 unspecified atom stereocenters. The highest BCUT2D eigenvalue weighted by Crippen LogP contribution is 2.24. The summed E-state index contributed by atoms with van der Waals surface area (Å²) in [5.41, 5.74) is 8.75. The van der Waals surface area contributed by atoms with Gasteiger partial charge in [0.1, 0.15) is 11.9 Å². The van der Waals surface area contributed by atoms with E-state index in [9.17, 15) is 4.79 Å². The summed E-state index contributed by atoms with van der Waals surface area (Å²) in [6.07, 6.45) is 1.15. The van der Waals surface area contributed by atoms with Crippen LogP contribution in [0.15, 0.2) is 78.9 Å². The smallest absolute Gasteiger partial charge is 0.255 e. The highest BCUT2D eigenvalue weighted by molar-refractivity contribution is 6.05. The first-order valence-electron chi connectivity index (χ1n) is 9.41. The Morgan fingerprint density at radius 3 is 2.43 bits per heavy atom. The Morgan fingerprint density at radius 2 is 1.68 bits per heavy atom. The number of nitrogens with one attached hydrogen (secondary N) is 1. The highest BCUT2D eigenvalue weighted by Gasteiger charge is 2.24. The molecule has 0 radical (unpaired) electrons. The van der Waals surface area contributed by atoms with Crippen LogP contribution in [0.5, 0.6) is 5.75 Å². The Morgan fingerprint density at radius 1 is 0.964 bits per heavy atom. The van der Waals surface area contributed by atoms with Crippen molar-refractivity contribution in [3.05, 3.63) is 84.4 Å². The molecule has 142 valence electrons. The molecule has 3 aromatic carbocycles. The van der Waals surface area contributed by atoms with Crippen molar-refractivity contribution in [2.75, 3.05) is 29.0 Å². The molecule has 1 atom stereocenters. The van der Waals surface area contributed by atoms with Crippen LogP contribution in [-0.4, -0.2) is 25.1 Å². The van der Waals surface area contributed by atoms with Gasteiger partial charge in [-0.05, 0) is 48.5 Å². The van der Waals surface area contributed by atoms with Crippen LogP contribution in [-0.2, 0) is 0 Å². The largest absolute Gasteiger partial charge is 0.489 e. The zero-order valence-corrected chi connectivity index (χ0v) is 15.5. The van der Waals surface area contributed by atoms with Gasteiger partial charge in [-0.3, -0.25) is 4.79 Å². The number of carbonyl (C=O) groups excluding carboxylic acids is 1. The van der Waals surface area contributed by atoms with Crippen LogP contribution < -0.4 is 20.7 Å². The van der Waals surface area contributed by atoms with Crippen molar-refractivity contribution in [3.63, 3.8) is 0 Å². The normalized spacial score (nSPS) is 16.0. The minimum Gasteiger partial charge on any atom is -0.489 e. The SMILES string of the molecule is Nc1ccccc1NC(=O)c1ccc(N2CC[C@H](Oc3ccccc3)C2)cc1. The summed E-state index contributed by atoms with van der Waals surface area (Å²) in [5.74, 6) is 0.734. The standard InChI is InChI=1S/C23H23N3O2/c24-21-8-4-5-9-22(21)25-23(27)17-10-12-18(13-11-17)26-15-14-20(16-26)28-19-6-2-1-3-7-19/h1-13,20H,14-16,24H2,(H,25,27)/t20-/m0/s1. The molecule has 0 aromatic heterocycles. The van der Waals surface area contributed by atoms with E-state index in [-0.39, 0.29) is 12.0 Å². The van der Waals surface area contributed by atoms with Crippen LogP contribution in [0.1, 0.15) is 16.8 Å². The number of benzene rings is 3. The molecule has 0 saturated carbocycles. The number of ether oxygens (including phenoxy) is 1. The van der Waals surface area contributed by atoms with E-state index in [1.54, 1.807) is 12.1 Å². The third kappa shape index (κ3) is 4.09. The predicted molar refractivity (Wildman–Crippen MR) is 113 cm³/mol. The Hall–Kier alpha value is -3.47. The van der Waals surface area contributed by atoms with Crippen LogP contribution in [0, 0.1) is 0 Å². The lowest BCUT2D eigenvalue weighted by Crippen LogP contribution is -2.24. The Bertz CT molecular complexity index is 942. The van der Waals surface area contributed by atoms with Crippen LogP contribution >= 0.6 is 0 Å². The lowest BCUT2D eigenvalue weighted by molar-refractivity contribution is 0.102. The summed E-state index contributed by atoms with van der Waals surface area (Å²) >= 11 is 0. The number of rotatable bonds is 5. The minimum atomic E-state index is -0.170. The average molecular weight is 373 g/mol. The maximum absolute atomic E-state index is 12.5. The van der Waals surface area contributed by atoms with E-state index in [4.69, 9.17) is 10.5 Å². The topological polar surface area (TPSA) is 67.6 Å². The van der Waals surface area contributed by atoms with E-state index < -0.39 is 0 Å². The van der Waals surface area contributed by atoms with E-state index in [1.165, 1.54) is 0 Å². The van der Waals surface area contributed by atoms with Gasteiger partial charge in [0.25, 0.3) is 5.91 Å². The lowest BCUT2D eigenvalue weighted by atomic mass is 10.1. The second-order valence-corrected chi connectivity index (χ2v) is 6.88. The van der Waals surface area contributed by atoms with E-state index in [2.05, 4.69) is 10.2 Å². The first-order chi connectivity index (χ1) is 13.7. The number of nitrogen functional groups attached to an aromatic ring is 1. The van der Waals surface area contributed by atoms with Gasteiger partial charge in [0.2, 0.25) is 0 Å². The molecular weight excluding hydrogens is 350 g/mol. The summed E-state index contributed by atoms with van der Waals surface area (Å²) in [4.78, 5) is 14.7. The third-order valence-electron chi connectivity index (χ3n) is 4.89. The van der Waals surface area contributed by atoms with E-state index >= 15 is 0 Å². The van der Waals surface area contributed by atoms with Crippen molar-refractivity contribution in [2.45, 2.75) is 12.5 Å². The quantitative estimate of drug-likeness (QED) is 0.659. The number of hydrogen-bond acceptors (Lipinski definition) is 4. The fourth-order valence-electron chi connectivity index (χ4n) is 3.38. The maximum Gasteiger partial charge on any atom is 0.255 e. The molecule has 28 heavy (non-hydrogen) atoms. The number of carbonyl (C=O) groups is 1. The molecule has 0 aliphatic carbocycles. The first-order valence-corrected chi connectivity index (χ1v) is 9.41. The zero-order valence-electron chi connectivity index (χ0n) is 15.5. The van der Waals surface area contributed by atoms with Crippen molar-refractivity contribution in [1.29, 1.82) is 0 Å². The minimum absolute atomic E-state index is 0.170. The van der Waals surface area contributed by atoms with E-state index in [0.29, 0.717) is 16.9 Å². The summed E-state index contributed by atoms with van der Waals surface area (Å²) < 4.78 is 6.05. The van der Waals surface area contributed by atoms with Gasteiger partial charge in [0, 0.05) is 24.2 Å². The fraction of sp³-hybridized carbons (Fsp3) is 0.174. The molecule has 1 aliphatic heterocycles. The molecule has 0 spiro atoms. The van der Waals surface area contributed by atoms with Crippen molar-refractivity contribution < 1.29 is 9.53 Å². The summed E-state index contributed by atoms with van der Waals surface area (Å²) in [7, 11) is 0. The summed E-state index contributed by atoms with van der Waals surface area (Å²) in [6.45, 7) is 1.77. The van der Waals surface area contributed by atoms with Crippen molar-refractivity contribution >= 4 is 23.0 Å². The molecular formula is C23H23N3O2. The van der Waals surface area contributed by atoms with Crippen LogP contribution in [0.4, 0.5) is 17.1 Å². The van der Waals surface area contributed by atoms with Gasteiger partial charge in [-0.1, -0.05) is 30.3 Å². The predicted octanol–water partition coefficient (Wildman–Crippen LogP) is 4.18. The molecule has 1 fully saturated rings. The molecule has 5 heteroatoms. The number of para-hydroxylation sites is 3. The summed E-state index contributed by atoms with van der Waals surface area (Å²) in [5, 5.41) is 2.85. The third-order valence-corrected chi connectivity index (χ3v) is 4.89. The Labute approximate surface area is 164 Å². The van der Waals surface area contributed by atoms with Gasteiger partial charge in [0.05, 0.1) is 17.9 Å². The van der Waals surface area contributed by atoms with E-state index in [1.807, 2.05) is 66.7 Å². The molecule has 3 N–H and O–H groups in total. The van der Waals surface area contributed by atoms with Gasteiger partial charge in [0.15, 0.2) is 0 Å². The second kappa shape index (κ2) is 8.05. The van der Waals surface area contributed by atoms with Gasteiger partial charge in [-0.15, -0.1) is 0 Å². The lowest BCUT2D eigenvalue weighted by Gasteiger charge is -2.19. The maximum atomic E-state index is 12.5. The second-order valence-electron chi connectivity index (χ2n) is 6.88. The van der Waals surface area contributed by atoms with Crippen molar-refractivity contribution in [1.82, 2.24) is 0 Å². The fourth-order valence-corrected chi connectivity index (χ4v) is 3.38. The van der Waals surface area contributed by atoms with Crippen LogP contribution in [0.3, 0.4) is 0 Å². The van der Waals surface area contributed by atoms with Crippen LogP contribution in [0.25, 0.3) is 0 Å². The molecule has 3 aromatic rings. The number of anilines is 3. The number of nitrogens with zero attached hydrogens (tertiary/aromatic N) is 1. The number of nitrogens with two attached hydrogens (primary N) is 1. The van der Waals surface area contributed by atoms with E-state index in [0.717, 1.165) is 30.9 Å². The van der Waals surface area contributed by atoms with Crippen molar-refractivity contribution in [2.24, 2.45) is 0 Å².